The Hall–Kier alpha value is -3.00. The van der Waals surface area contributed by atoms with Gasteiger partial charge in [0.05, 0.1) is 5.25 Å². The van der Waals surface area contributed by atoms with Crippen LogP contribution < -0.4 is 15.1 Å². The molecule has 0 radical (unpaired) electrons. The predicted molar refractivity (Wildman–Crippen MR) is 139 cm³/mol. The van der Waals surface area contributed by atoms with Crippen molar-refractivity contribution in [2.24, 2.45) is 0 Å². The van der Waals surface area contributed by atoms with Gasteiger partial charge in [0.25, 0.3) is 0 Å². The third-order valence-corrected chi connectivity index (χ3v) is 6.67. The number of carbonyl (C=O) groups excluding carboxylic acids is 1. The van der Waals surface area contributed by atoms with E-state index in [1.54, 1.807) is 0 Å². The summed E-state index contributed by atoms with van der Waals surface area (Å²) < 4.78 is 2.06. The van der Waals surface area contributed by atoms with E-state index in [-0.39, 0.29) is 11.2 Å². The van der Waals surface area contributed by atoms with Crippen LogP contribution in [0.2, 0.25) is 0 Å². The number of thioether (sulfide) groups is 1. The highest BCUT2D eigenvalue weighted by atomic mass is 32.2. The Kier molecular flexibility index (Phi) is 8.38. The van der Waals surface area contributed by atoms with Crippen molar-refractivity contribution in [2.45, 2.75) is 44.6 Å². The number of hydrogen-bond acceptors (Lipinski definition) is 6. The fraction of sp³-hybridized carbons (Fsp3) is 0.400. The summed E-state index contributed by atoms with van der Waals surface area (Å²) in [6.45, 7) is 10.9. The number of aromatic nitrogens is 3. The highest BCUT2D eigenvalue weighted by Gasteiger charge is 2.20. The van der Waals surface area contributed by atoms with Crippen LogP contribution in [0.4, 0.5) is 17.1 Å². The first kappa shape index (κ1) is 24.6. The van der Waals surface area contributed by atoms with Crippen molar-refractivity contribution in [1.82, 2.24) is 14.8 Å². The zero-order valence-corrected chi connectivity index (χ0v) is 21.2. The second-order valence-corrected chi connectivity index (χ2v) is 9.27. The van der Waals surface area contributed by atoms with E-state index in [9.17, 15) is 4.79 Å². The van der Waals surface area contributed by atoms with Crippen LogP contribution in [-0.2, 0) is 11.3 Å². The van der Waals surface area contributed by atoms with Gasteiger partial charge in [0.1, 0.15) is 0 Å². The fourth-order valence-electron chi connectivity index (χ4n) is 3.58. The van der Waals surface area contributed by atoms with Crippen LogP contribution in [0.25, 0.3) is 11.4 Å². The molecule has 8 heteroatoms. The van der Waals surface area contributed by atoms with Crippen molar-refractivity contribution < 1.29 is 4.79 Å². The third kappa shape index (κ3) is 5.87. The molecule has 1 heterocycles. The van der Waals surface area contributed by atoms with E-state index < -0.39 is 0 Å². The number of rotatable bonds is 10. The maximum absolute atomic E-state index is 12.8. The number of nitrogens with zero attached hydrogens (tertiary/aromatic N) is 5. The van der Waals surface area contributed by atoms with Crippen LogP contribution in [0.5, 0.6) is 0 Å². The van der Waals surface area contributed by atoms with Crippen molar-refractivity contribution in [2.75, 3.05) is 42.3 Å². The average molecular weight is 467 g/mol. The molecule has 0 aliphatic rings. The van der Waals surface area contributed by atoms with Crippen LogP contribution in [0.15, 0.2) is 53.7 Å². The Morgan fingerprint density at radius 2 is 1.58 bits per heavy atom. The normalized spacial score (nSPS) is 11.8. The molecule has 2 aromatic carbocycles. The molecule has 176 valence electrons. The van der Waals surface area contributed by atoms with E-state index >= 15 is 0 Å². The Labute approximate surface area is 201 Å². The van der Waals surface area contributed by atoms with Crippen LogP contribution in [-0.4, -0.2) is 53.1 Å². The van der Waals surface area contributed by atoms with Crippen molar-refractivity contribution in [3.8, 4) is 11.4 Å². The molecule has 3 aromatic rings. The van der Waals surface area contributed by atoms with E-state index in [4.69, 9.17) is 0 Å². The molecule has 0 fully saturated rings. The highest BCUT2D eigenvalue weighted by Crippen LogP contribution is 2.28. The van der Waals surface area contributed by atoms with E-state index in [2.05, 4.69) is 70.0 Å². The molecule has 1 atom stereocenters. The van der Waals surface area contributed by atoms with Gasteiger partial charge in [-0.3, -0.25) is 4.79 Å². The number of benzene rings is 2. The molecule has 1 N–H and O–H groups in total. The standard InChI is InChI=1S/C25H34N6OS/c1-7-30(8-2)22-14-10-19(11-15-22)23-27-28-25(31(23)9-3)33-18(4)24(32)26-20-12-16-21(17-13-20)29(5)6/h10-18H,7-9H2,1-6H3,(H,26,32). The first-order chi connectivity index (χ1) is 15.9. The van der Waals surface area contributed by atoms with E-state index in [0.29, 0.717) is 0 Å². The minimum Gasteiger partial charge on any atom is -0.378 e. The summed E-state index contributed by atoms with van der Waals surface area (Å²) in [7, 11) is 3.98. The second kappa shape index (κ2) is 11.2. The summed E-state index contributed by atoms with van der Waals surface area (Å²) in [6, 6.07) is 16.2. The molecule has 3 rings (SSSR count). The summed E-state index contributed by atoms with van der Waals surface area (Å²) in [5.74, 6) is 0.756. The van der Waals surface area contributed by atoms with Gasteiger partial charge in [0, 0.05) is 56.4 Å². The van der Waals surface area contributed by atoms with Gasteiger partial charge in [-0.15, -0.1) is 10.2 Å². The fourth-order valence-corrected chi connectivity index (χ4v) is 4.50. The number of amides is 1. The van der Waals surface area contributed by atoms with Crippen LogP contribution >= 0.6 is 11.8 Å². The number of nitrogens with one attached hydrogen (secondary N) is 1. The predicted octanol–water partition coefficient (Wildman–Crippen LogP) is 5.00. The van der Waals surface area contributed by atoms with Gasteiger partial charge in [0.2, 0.25) is 5.91 Å². The largest absolute Gasteiger partial charge is 0.378 e. The molecule has 0 saturated carbocycles. The van der Waals surface area contributed by atoms with Crippen LogP contribution in [0.1, 0.15) is 27.7 Å². The Morgan fingerprint density at radius 3 is 2.12 bits per heavy atom. The number of hydrogen-bond donors (Lipinski definition) is 1. The third-order valence-electron chi connectivity index (χ3n) is 5.59. The summed E-state index contributed by atoms with van der Waals surface area (Å²) in [5.41, 5.74) is 4.09. The zero-order valence-electron chi connectivity index (χ0n) is 20.4. The molecule has 0 aliphatic carbocycles. The molecule has 0 bridgehead atoms. The van der Waals surface area contributed by atoms with Gasteiger partial charge in [-0.25, -0.2) is 0 Å². The van der Waals surface area contributed by atoms with E-state index in [1.807, 2.05) is 50.2 Å². The zero-order chi connectivity index (χ0) is 24.0. The molecule has 33 heavy (non-hydrogen) atoms. The Balaban J connectivity index is 1.70. The molecule has 7 nitrogen and oxygen atoms in total. The number of anilines is 3. The first-order valence-corrected chi connectivity index (χ1v) is 12.3. The summed E-state index contributed by atoms with van der Waals surface area (Å²) in [4.78, 5) is 17.1. The van der Waals surface area contributed by atoms with Gasteiger partial charge in [-0.2, -0.15) is 0 Å². The van der Waals surface area contributed by atoms with Gasteiger partial charge in [-0.1, -0.05) is 11.8 Å². The topological polar surface area (TPSA) is 66.3 Å². The summed E-state index contributed by atoms with van der Waals surface area (Å²) in [5, 5.41) is 12.2. The lowest BCUT2D eigenvalue weighted by atomic mass is 10.2. The van der Waals surface area contributed by atoms with Crippen molar-refractivity contribution in [1.29, 1.82) is 0 Å². The lowest BCUT2D eigenvalue weighted by Crippen LogP contribution is -2.23. The van der Waals surface area contributed by atoms with Crippen LogP contribution in [0.3, 0.4) is 0 Å². The quantitative estimate of drug-likeness (QED) is 0.424. The Morgan fingerprint density at radius 1 is 0.970 bits per heavy atom. The molecule has 1 aromatic heterocycles. The molecule has 0 spiro atoms. The summed E-state index contributed by atoms with van der Waals surface area (Å²) in [6.07, 6.45) is 0. The lowest BCUT2D eigenvalue weighted by molar-refractivity contribution is -0.115. The Bertz CT molecular complexity index is 1040. The minimum absolute atomic E-state index is 0.0617. The molecular formula is C25H34N6OS. The minimum atomic E-state index is -0.314. The monoisotopic (exact) mass is 466 g/mol. The average Bonchev–Trinajstić information content (AvgIpc) is 3.23. The maximum Gasteiger partial charge on any atom is 0.237 e. The van der Waals surface area contributed by atoms with Gasteiger partial charge >= 0.3 is 0 Å². The second-order valence-electron chi connectivity index (χ2n) is 7.96. The molecule has 0 aliphatic heterocycles. The lowest BCUT2D eigenvalue weighted by Gasteiger charge is -2.21. The van der Waals surface area contributed by atoms with Crippen molar-refractivity contribution in [3.05, 3.63) is 48.5 Å². The summed E-state index contributed by atoms with van der Waals surface area (Å²) >= 11 is 1.42. The first-order valence-electron chi connectivity index (χ1n) is 11.4. The smallest absolute Gasteiger partial charge is 0.237 e. The van der Waals surface area contributed by atoms with Crippen molar-refractivity contribution in [3.63, 3.8) is 0 Å². The van der Waals surface area contributed by atoms with Crippen LogP contribution in [0, 0.1) is 0 Å². The molecule has 1 unspecified atom stereocenters. The molecule has 1 amide bonds. The highest BCUT2D eigenvalue weighted by molar-refractivity contribution is 8.00. The number of carbonyl (C=O) groups is 1. The van der Waals surface area contributed by atoms with Gasteiger partial charge < -0.3 is 19.7 Å². The molecule has 0 saturated heterocycles. The van der Waals surface area contributed by atoms with Gasteiger partial charge in [-0.05, 0) is 76.2 Å². The maximum atomic E-state index is 12.8. The van der Waals surface area contributed by atoms with Gasteiger partial charge in [0.15, 0.2) is 11.0 Å². The SMILES string of the molecule is CCN(CC)c1ccc(-c2nnc(SC(C)C(=O)Nc3ccc(N(C)C)cc3)n2CC)cc1. The van der Waals surface area contributed by atoms with Crippen molar-refractivity contribution >= 4 is 34.7 Å². The van der Waals surface area contributed by atoms with E-state index in [0.717, 1.165) is 47.6 Å². The molecular weight excluding hydrogens is 432 g/mol. The van der Waals surface area contributed by atoms with E-state index in [1.165, 1.54) is 17.4 Å².